The molecule has 0 bridgehead atoms. The third-order valence-corrected chi connectivity index (χ3v) is 4.52. The summed E-state index contributed by atoms with van der Waals surface area (Å²) in [6.07, 6.45) is -1.86. The molecule has 1 aromatic heterocycles. The predicted molar refractivity (Wildman–Crippen MR) is 98.0 cm³/mol. The summed E-state index contributed by atoms with van der Waals surface area (Å²) in [5.74, 6) is 1.01. The van der Waals surface area contributed by atoms with Gasteiger partial charge in [-0.2, -0.15) is 18.2 Å². The van der Waals surface area contributed by atoms with Crippen LogP contribution in [0.1, 0.15) is 16.7 Å². The van der Waals surface area contributed by atoms with Crippen LogP contribution in [0.5, 0.6) is 0 Å². The first-order chi connectivity index (χ1) is 13.0. The van der Waals surface area contributed by atoms with Crippen molar-refractivity contribution >= 4 is 17.5 Å². The van der Waals surface area contributed by atoms with Gasteiger partial charge in [-0.05, 0) is 41.8 Å². The lowest BCUT2D eigenvalue weighted by atomic mass is 10.0. The molecule has 0 unspecified atom stereocenters. The summed E-state index contributed by atoms with van der Waals surface area (Å²) in [6.45, 7) is 1.51. The number of alkyl halides is 3. The summed E-state index contributed by atoms with van der Waals surface area (Å²) >= 11 is 0. The minimum absolute atomic E-state index is 0.332. The largest absolute Gasteiger partial charge is 0.416 e. The Labute approximate surface area is 154 Å². The smallest absolute Gasteiger partial charge is 0.340 e. The molecule has 4 rings (SSSR count). The molecule has 1 aliphatic rings. The van der Waals surface area contributed by atoms with Gasteiger partial charge in [0.15, 0.2) is 0 Å². The van der Waals surface area contributed by atoms with Crippen LogP contribution in [0.3, 0.4) is 0 Å². The Morgan fingerprint density at radius 1 is 0.963 bits per heavy atom. The van der Waals surface area contributed by atoms with Gasteiger partial charge in [-0.15, -0.1) is 0 Å². The van der Waals surface area contributed by atoms with E-state index in [2.05, 4.69) is 32.3 Å². The van der Waals surface area contributed by atoms with E-state index in [0.29, 0.717) is 24.0 Å². The second kappa shape index (κ2) is 6.90. The molecule has 0 spiro atoms. The third kappa shape index (κ3) is 3.86. The van der Waals surface area contributed by atoms with Crippen molar-refractivity contribution in [2.24, 2.45) is 0 Å². The molecule has 0 atom stereocenters. The second-order valence-electron chi connectivity index (χ2n) is 6.39. The van der Waals surface area contributed by atoms with Crippen LogP contribution >= 0.6 is 0 Å². The zero-order chi connectivity index (χ0) is 18.9. The lowest BCUT2D eigenvalue weighted by molar-refractivity contribution is -0.137. The number of nitrogens with one attached hydrogen (secondary N) is 1. The van der Waals surface area contributed by atoms with E-state index in [-0.39, 0.29) is 0 Å². The number of benzene rings is 2. The zero-order valence-electron chi connectivity index (χ0n) is 14.4. The molecule has 2 heterocycles. The lowest BCUT2D eigenvalue weighted by Gasteiger charge is -2.28. The maximum Gasteiger partial charge on any atom is 0.416 e. The Kier molecular flexibility index (Phi) is 4.43. The van der Waals surface area contributed by atoms with Gasteiger partial charge in [-0.25, -0.2) is 4.98 Å². The summed E-state index contributed by atoms with van der Waals surface area (Å²) in [5.41, 5.74) is 2.20. The van der Waals surface area contributed by atoms with E-state index in [1.54, 1.807) is 18.3 Å². The minimum atomic E-state index is -4.38. The van der Waals surface area contributed by atoms with Crippen LogP contribution in [0.25, 0.3) is 0 Å². The van der Waals surface area contributed by atoms with E-state index in [1.807, 2.05) is 12.1 Å². The highest BCUT2D eigenvalue weighted by Gasteiger charge is 2.30. The molecule has 0 saturated carbocycles. The molecule has 1 N–H and O–H groups in total. The van der Waals surface area contributed by atoms with Crippen molar-refractivity contribution in [2.75, 3.05) is 16.8 Å². The van der Waals surface area contributed by atoms with Crippen LogP contribution in [0.2, 0.25) is 0 Å². The Morgan fingerprint density at radius 3 is 2.59 bits per heavy atom. The molecule has 2 aromatic carbocycles. The Bertz CT molecular complexity index is 956. The first kappa shape index (κ1) is 17.3. The number of anilines is 3. The van der Waals surface area contributed by atoms with Crippen LogP contribution in [0, 0.1) is 0 Å². The summed E-state index contributed by atoms with van der Waals surface area (Å²) in [7, 11) is 0. The second-order valence-corrected chi connectivity index (χ2v) is 6.39. The van der Waals surface area contributed by atoms with Crippen LogP contribution in [0.15, 0.2) is 60.8 Å². The number of aromatic nitrogens is 2. The predicted octanol–water partition coefficient (Wildman–Crippen LogP) is 4.80. The zero-order valence-corrected chi connectivity index (χ0v) is 14.4. The Balaban J connectivity index is 1.54. The first-order valence-corrected chi connectivity index (χ1v) is 8.58. The molecule has 0 aliphatic carbocycles. The third-order valence-electron chi connectivity index (χ3n) is 4.52. The standard InChI is InChI=1S/C20H17F3N4/c21-20(22,23)16-6-3-7-17(12-16)25-18-8-10-24-19(26-18)27-11-9-14-4-1-2-5-15(14)13-27/h1-8,10,12H,9,11,13H2,(H,24,25,26). The summed E-state index contributed by atoms with van der Waals surface area (Å²) in [6, 6.07) is 15.0. The molecule has 3 aromatic rings. The van der Waals surface area contributed by atoms with Gasteiger partial charge in [0.05, 0.1) is 5.56 Å². The van der Waals surface area contributed by atoms with E-state index in [9.17, 15) is 13.2 Å². The Morgan fingerprint density at radius 2 is 1.78 bits per heavy atom. The first-order valence-electron chi connectivity index (χ1n) is 8.58. The fourth-order valence-electron chi connectivity index (χ4n) is 3.16. The van der Waals surface area contributed by atoms with Gasteiger partial charge in [-0.1, -0.05) is 30.3 Å². The quantitative estimate of drug-likeness (QED) is 0.719. The number of hydrogen-bond acceptors (Lipinski definition) is 4. The van der Waals surface area contributed by atoms with E-state index >= 15 is 0 Å². The normalized spacial score (nSPS) is 14.0. The average molecular weight is 370 g/mol. The van der Waals surface area contributed by atoms with Crippen LogP contribution in [0.4, 0.5) is 30.6 Å². The van der Waals surface area contributed by atoms with E-state index in [4.69, 9.17) is 0 Å². The van der Waals surface area contributed by atoms with E-state index < -0.39 is 11.7 Å². The summed E-state index contributed by atoms with van der Waals surface area (Å²) in [5, 5.41) is 2.94. The van der Waals surface area contributed by atoms with Crippen LogP contribution in [-0.4, -0.2) is 16.5 Å². The van der Waals surface area contributed by atoms with Crippen molar-refractivity contribution in [3.8, 4) is 0 Å². The van der Waals surface area contributed by atoms with Gasteiger partial charge < -0.3 is 10.2 Å². The van der Waals surface area contributed by atoms with Gasteiger partial charge >= 0.3 is 6.18 Å². The maximum atomic E-state index is 12.9. The minimum Gasteiger partial charge on any atom is -0.340 e. The Hall–Kier alpha value is -3.09. The molecule has 138 valence electrons. The highest BCUT2D eigenvalue weighted by atomic mass is 19.4. The molecule has 1 aliphatic heterocycles. The van der Waals surface area contributed by atoms with Crippen molar-refractivity contribution < 1.29 is 13.2 Å². The van der Waals surface area contributed by atoms with Crippen molar-refractivity contribution in [3.05, 3.63) is 77.5 Å². The van der Waals surface area contributed by atoms with Crippen LogP contribution in [-0.2, 0) is 19.1 Å². The fraction of sp³-hybridized carbons (Fsp3) is 0.200. The van der Waals surface area contributed by atoms with E-state index in [0.717, 1.165) is 25.1 Å². The summed E-state index contributed by atoms with van der Waals surface area (Å²) in [4.78, 5) is 10.9. The van der Waals surface area contributed by atoms with Gasteiger partial charge in [0.25, 0.3) is 0 Å². The van der Waals surface area contributed by atoms with Gasteiger partial charge in [0.2, 0.25) is 5.95 Å². The number of fused-ring (bicyclic) bond motifs is 1. The fourth-order valence-corrected chi connectivity index (χ4v) is 3.16. The highest BCUT2D eigenvalue weighted by molar-refractivity contribution is 5.58. The van der Waals surface area contributed by atoms with Crippen molar-refractivity contribution in [2.45, 2.75) is 19.1 Å². The van der Waals surface area contributed by atoms with Gasteiger partial charge in [0, 0.05) is 25.0 Å². The molecular weight excluding hydrogens is 353 g/mol. The molecule has 4 nitrogen and oxygen atoms in total. The molecule has 0 amide bonds. The number of hydrogen-bond donors (Lipinski definition) is 1. The van der Waals surface area contributed by atoms with Gasteiger partial charge in [-0.3, -0.25) is 0 Å². The van der Waals surface area contributed by atoms with Crippen molar-refractivity contribution in [1.29, 1.82) is 0 Å². The number of rotatable bonds is 3. The monoisotopic (exact) mass is 370 g/mol. The number of nitrogens with zero attached hydrogens (tertiary/aromatic N) is 3. The summed E-state index contributed by atoms with van der Waals surface area (Å²) < 4.78 is 38.6. The maximum absolute atomic E-state index is 12.9. The van der Waals surface area contributed by atoms with Crippen molar-refractivity contribution in [1.82, 2.24) is 9.97 Å². The van der Waals surface area contributed by atoms with E-state index in [1.165, 1.54) is 17.2 Å². The van der Waals surface area contributed by atoms with Crippen molar-refractivity contribution in [3.63, 3.8) is 0 Å². The lowest BCUT2D eigenvalue weighted by Crippen LogP contribution is -2.31. The average Bonchev–Trinajstić information content (AvgIpc) is 2.67. The molecule has 0 saturated heterocycles. The van der Waals surface area contributed by atoms with Gasteiger partial charge in [0.1, 0.15) is 5.82 Å². The topological polar surface area (TPSA) is 41.1 Å². The molecular formula is C20H17F3N4. The molecule has 7 heteroatoms. The SMILES string of the molecule is FC(F)(F)c1cccc(Nc2ccnc(N3CCc4ccccc4C3)n2)c1. The highest BCUT2D eigenvalue weighted by Crippen LogP contribution is 2.31. The molecule has 0 fully saturated rings. The number of halogens is 3. The molecule has 27 heavy (non-hydrogen) atoms. The molecule has 0 radical (unpaired) electrons. The van der Waals surface area contributed by atoms with Crippen LogP contribution < -0.4 is 10.2 Å².